The summed E-state index contributed by atoms with van der Waals surface area (Å²) in [5, 5.41) is 2.85. The number of carbonyl (C=O) groups is 1. The molecule has 0 aromatic carbocycles. The maximum Gasteiger partial charge on any atom is 0.231 e. The molecule has 1 saturated heterocycles. The van der Waals surface area contributed by atoms with E-state index in [0.717, 1.165) is 12.1 Å². The molecule has 1 aliphatic heterocycles. The molecule has 2 rings (SSSR count). The lowest BCUT2D eigenvalue weighted by molar-refractivity contribution is -0.121. The Labute approximate surface area is 107 Å². The number of pyridine rings is 1. The van der Waals surface area contributed by atoms with Gasteiger partial charge in [0.2, 0.25) is 5.91 Å². The van der Waals surface area contributed by atoms with Gasteiger partial charge in [0.1, 0.15) is 5.82 Å². The molecule has 1 amide bonds. The zero-order valence-corrected chi connectivity index (χ0v) is 11.0. The quantitative estimate of drug-likeness (QED) is 0.882. The minimum Gasteiger partial charge on any atom is -0.378 e. The Morgan fingerprint density at radius 1 is 1.56 bits per heavy atom. The smallest absolute Gasteiger partial charge is 0.231 e. The second-order valence-electron chi connectivity index (χ2n) is 4.75. The van der Waals surface area contributed by atoms with Crippen LogP contribution in [0, 0.1) is 5.92 Å². The van der Waals surface area contributed by atoms with Crippen molar-refractivity contribution >= 4 is 17.4 Å². The first-order valence-electron chi connectivity index (χ1n) is 6.14. The van der Waals surface area contributed by atoms with Crippen molar-refractivity contribution in [2.45, 2.75) is 19.4 Å². The number of rotatable bonds is 3. The number of hydrogen-bond donors (Lipinski definition) is 1. The molecule has 18 heavy (non-hydrogen) atoms. The highest BCUT2D eigenvalue weighted by Gasteiger charge is 2.30. The van der Waals surface area contributed by atoms with Gasteiger partial charge < -0.3 is 15.0 Å². The molecule has 0 unspecified atom stereocenters. The summed E-state index contributed by atoms with van der Waals surface area (Å²) in [6.07, 6.45) is 2.46. The molecule has 0 radical (unpaired) electrons. The molecular weight excluding hydrogens is 230 g/mol. The van der Waals surface area contributed by atoms with Gasteiger partial charge in [-0.25, -0.2) is 4.98 Å². The Morgan fingerprint density at radius 2 is 2.33 bits per heavy atom. The van der Waals surface area contributed by atoms with Crippen molar-refractivity contribution in [3.8, 4) is 0 Å². The van der Waals surface area contributed by atoms with Crippen LogP contribution in [0.1, 0.15) is 13.3 Å². The fourth-order valence-corrected chi connectivity index (χ4v) is 2.06. The summed E-state index contributed by atoms with van der Waals surface area (Å²) in [7, 11) is 3.90. The molecule has 1 aliphatic rings. The first-order valence-corrected chi connectivity index (χ1v) is 6.14. The monoisotopic (exact) mass is 249 g/mol. The molecule has 1 fully saturated rings. The third-order valence-electron chi connectivity index (χ3n) is 3.22. The largest absolute Gasteiger partial charge is 0.378 e. The average molecular weight is 249 g/mol. The van der Waals surface area contributed by atoms with Gasteiger partial charge in [0.25, 0.3) is 0 Å². The normalized spacial score (nSPS) is 22.8. The molecule has 0 aliphatic carbocycles. The standard InChI is InChI=1S/C13H19N3O2/c1-9-11(5-7-18-9)13(17)15-12-8-10(16(2)3)4-6-14-12/h4,6,8-9,11H,5,7H2,1-3H3,(H,14,15,17)/t9-,11+/m0/s1. The summed E-state index contributed by atoms with van der Waals surface area (Å²) in [6, 6.07) is 3.76. The summed E-state index contributed by atoms with van der Waals surface area (Å²) < 4.78 is 5.40. The second-order valence-corrected chi connectivity index (χ2v) is 4.75. The van der Waals surface area contributed by atoms with E-state index in [-0.39, 0.29) is 17.9 Å². The molecule has 1 aromatic heterocycles. The fourth-order valence-electron chi connectivity index (χ4n) is 2.06. The van der Waals surface area contributed by atoms with E-state index in [2.05, 4.69) is 10.3 Å². The lowest BCUT2D eigenvalue weighted by Crippen LogP contribution is -2.28. The van der Waals surface area contributed by atoms with E-state index < -0.39 is 0 Å². The van der Waals surface area contributed by atoms with Crippen LogP contribution in [-0.4, -0.2) is 37.7 Å². The van der Waals surface area contributed by atoms with Crippen LogP contribution in [0.5, 0.6) is 0 Å². The molecule has 0 spiro atoms. The predicted molar refractivity (Wildman–Crippen MR) is 70.7 cm³/mol. The zero-order chi connectivity index (χ0) is 13.1. The third-order valence-corrected chi connectivity index (χ3v) is 3.22. The first kappa shape index (κ1) is 12.8. The van der Waals surface area contributed by atoms with Gasteiger partial charge in [-0.05, 0) is 19.4 Å². The van der Waals surface area contributed by atoms with E-state index in [4.69, 9.17) is 4.74 Å². The molecule has 0 saturated carbocycles. The van der Waals surface area contributed by atoms with Crippen molar-refractivity contribution in [3.63, 3.8) is 0 Å². The van der Waals surface area contributed by atoms with Crippen molar-refractivity contribution in [1.29, 1.82) is 0 Å². The number of hydrogen-bond acceptors (Lipinski definition) is 4. The number of carbonyl (C=O) groups excluding carboxylic acids is 1. The van der Waals surface area contributed by atoms with Crippen LogP contribution in [0.3, 0.4) is 0 Å². The predicted octanol–water partition coefficient (Wildman–Crippen LogP) is 1.51. The van der Waals surface area contributed by atoms with Crippen molar-refractivity contribution < 1.29 is 9.53 Å². The van der Waals surface area contributed by atoms with Crippen LogP contribution in [0.4, 0.5) is 11.5 Å². The molecule has 98 valence electrons. The molecule has 1 N–H and O–H groups in total. The Hall–Kier alpha value is -1.62. The highest BCUT2D eigenvalue weighted by atomic mass is 16.5. The Bertz CT molecular complexity index is 434. The first-order chi connectivity index (χ1) is 8.58. The van der Waals surface area contributed by atoms with E-state index in [9.17, 15) is 4.79 Å². The van der Waals surface area contributed by atoms with Gasteiger partial charge in [0.05, 0.1) is 12.0 Å². The van der Waals surface area contributed by atoms with Crippen LogP contribution < -0.4 is 10.2 Å². The third kappa shape index (κ3) is 2.79. The number of aromatic nitrogens is 1. The van der Waals surface area contributed by atoms with Gasteiger partial charge in [-0.15, -0.1) is 0 Å². The van der Waals surface area contributed by atoms with Gasteiger partial charge in [-0.2, -0.15) is 0 Å². The second kappa shape index (κ2) is 5.35. The van der Waals surface area contributed by atoms with Crippen LogP contribution in [0.2, 0.25) is 0 Å². The highest BCUT2D eigenvalue weighted by Crippen LogP contribution is 2.22. The summed E-state index contributed by atoms with van der Waals surface area (Å²) >= 11 is 0. The summed E-state index contributed by atoms with van der Waals surface area (Å²) in [6.45, 7) is 2.59. The van der Waals surface area contributed by atoms with Crippen LogP contribution in [0.15, 0.2) is 18.3 Å². The van der Waals surface area contributed by atoms with E-state index in [1.165, 1.54) is 0 Å². The molecule has 2 heterocycles. The van der Waals surface area contributed by atoms with Gasteiger partial charge in [-0.1, -0.05) is 0 Å². The molecule has 2 atom stereocenters. The van der Waals surface area contributed by atoms with Gasteiger partial charge in [-0.3, -0.25) is 4.79 Å². The lowest BCUT2D eigenvalue weighted by atomic mass is 10.0. The highest BCUT2D eigenvalue weighted by molar-refractivity contribution is 5.92. The van der Waals surface area contributed by atoms with Crippen molar-refractivity contribution in [2.24, 2.45) is 5.92 Å². The van der Waals surface area contributed by atoms with Crippen molar-refractivity contribution in [2.75, 3.05) is 30.9 Å². The molecular formula is C13H19N3O2. The Balaban J connectivity index is 2.04. The van der Waals surface area contributed by atoms with Crippen molar-refractivity contribution in [3.05, 3.63) is 18.3 Å². The van der Waals surface area contributed by atoms with E-state index >= 15 is 0 Å². The van der Waals surface area contributed by atoms with E-state index in [1.54, 1.807) is 6.20 Å². The van der Waals surface area contributed by atoms with Gasteiger partial charge in [0.15, 0.2) is 0 Å². The molecule has 1 aromatic rings. The lowest BCUT2D eigenvalue weighted by Gasteiger charge is -2.16. The number of nitrogens with one attached hydrogen (secondary N) is 1. The maximum absolute atomic E-state index is 12.1. The number of ether oxygens (including phenoxy) is 1. The topological polar surface area (TPSA) is 54.5 Å². The SMILES string of the molecule is C[C@@H]1OCC[C@H]1C(=O)Nc1cc(N(C)C)ccn1. The minimum absolute atomic E-state index is 0.0107. The molecule has 5 nitrogen and oxygen atoms in total. The average Bonchev–Trinajstić information content (AvgIpc) is 2.76. The van der Waals surface area contributed by atoms with E-state index in [1.807, 2.05) is 38.1 Å². The van der Waals surface area contributed by atoms with Crippen molar-refractivity contribution in [1.82, 2.24) is 4.98 Å². The minimum atomic E-state index is -0.0742. The summed E-state index contributed by atoms with van der Waals surface area (Å²) in [5.41, 5.74) is 1.01. The fraction of sp³-hybridized carbons (Fsp3) is 0.538. The van der Waals surface area contributed by atoms with Crippen LogP contribution >= 0.6 is 0 Å². The maximum atomic E-state index is 12.1. The number of nitrogens with zero attached hydrogens (tertiary/aromatic N) is 2. The number of anilines is 2. The Kier molecular flexibility index (Phi) is 3.81. The van der Waals surface area contributed by atoms with Crippen LogP contribution in [0.25, 0.3) is 0 Å². The number of amides is 1. The van der Waals surface area contributed by atoms with Gasteiger partial charge >= 0.3 is 0 Å². The van der Waals surface area contributed by atoms with E-state index in [0.29, 0.717) is 12.4 Å². The molecule has 5 heteroatoms. The Morgan fingerprint density at radius 3 is 2.94 bits per heavy atom. The summed E-state index contributed by atoms with van der Waals surface area (Å²) in [5.74, 6) is 0.503. The zero-order valence-electron chi connectivity index (χ0n) is 11.0. The van der Waals surface area contributed by atoms with Gasteiger partial charge in [0, 0.05) is 38.7 Å². The summed E-state index contributed by atoms with van der Waals surface area (Å²) in [4.78, 5) is 18.2. The molecule has 0 bridgehead atoms. The van der Waals surface area contributed by atoms with Crippen LogP contribution in [-0.2, 0) is 9.53 Å².